The molecule has 0 aromatic carbocycles. The molecule has 0 saturated carbocycles. The molecule has 1 unspecified atom stereocenters. The second kappa shape index (κ2) is 6.92. The van der Waals surface area contributed by atoms with Gasteiger partial charge in [0, 0.05) is 0 Å². The Morgan fingerprint density at radius 1 is 1.15 bits per heavy atom. The molecule has 0 rings (SSSR count). The Balaban J connectivity index is 3.72. The topological polar surface area (TPSA) is 27.7 Å². The normalized spacial score (nSPS) is 13.4. The van der Waals surface area contributed by atoms with E-state index in [4.69, 9.17) is 14.2 Å². The van der Waals surface area contributed by atoms with Crippen LogP contribution in [0, 0.1) is 0 Å². The van der Waals surface area contributed by atoms with Crippen molar-refractivity contribution in [3.63, 3.8) is 0 Å². The summed E-state index contributed by atoms with van der Waals surface area (Å²) in [6.07, 6.45) is 1.34. The molecule has 3 nitrogen and oxygen atoms in total. The van der Waals surface area contributed by atoms with Crippen LogP contribution >= 0.6 is 0 Å². The molecule has 0 radical (unpaired) electrons. The summed E-state index contributed by atoms with van der Waals surface area (Å²) in [5.41, 5.74) is 0. The molecule has 0 aliphatic carbocycles. The van der Waals surface area contributed by atoms with E-state index in [-0.39, 0.29) is 18.5 Å². The van der Waals surface area contributed by atoms with Gasteiger partial charge in [-0.15, -0.1) is 0 Å². The molecule has 0 aliphatic rings. The minimum Gasteiger partial charge on any atom is -0.471 e. The van der Waals surface area contributed by atoms with Crippen molar-refractivity contribution in [3.05, 3.63) is 12.8 Å². The van der Waals surface area contributed by atoms with Crippen LogP contribution in [0.1, 0.15) is 27.7 Å². The van der Waals surface area contributed by atoms with Gasteiger partial charge < -0.3 is 14.2 Å². The van der Waals surface area contributed by atoms with E-state index < -0.39 is 0 Å². The lowest BCUT2D eigenvalue weighted by atomic mass is 10.4. The third kappa shape index (κ3) is 7.81. The minimum atomic E-state index is -0.347. The van der Waals surface area contributed by atoms with Crippen molar-refractivity contribution in [2.24, 2.45) is 0 Å². The van der Waals surface area contributed by atoms with E-state index in [0.717, 1.165) is 0 Å². The first-order chi connectivity index (χ1) is 6.06. The third-order valence-electron chi connectivity index (χ3n) is 1.24. The van der Waals surface area contributed by atoms with Gasteiger partial charge in [0.25, 0.3) is 0 Å². The predicted octanol–water partition coefficient (Wildman–Crippen LogP) is 2.32. The van der Waals surface area contributed by atoms with Crippen LogP contribution < -0.4 is 0 Å². The molecule has 0 amide bonds. The van der Waals surface area contributed by atoms with Gasteiger partial charge >= 0.3 is 0 Å². The van der Waals surface area contributed by atoms with E-state index in [1.54, 1.807) is 0 Å². The number of hydrogen-bond donors (Lipinski definition) is 0. The van der Waals surface area contributed by atoms with Crippen LogP contribution in [0.4, 0.5) is 0 Å². The Bertz CT molecular complexity index is 132. The lowest BCUT2D eigenvalue weighted by molar-refractivity contribution is -0.168. The third-order valence-corrected chi connectivity index (χ3v) is 1.24. The number of hydrogen-bond acceptors (Lipinski definition) is 3. The van der Waals surface area contributed by atoms with Gasteiger partial charge in [-0.3, -0.25) is 0 Å². The predicted molar refractivity (Wildman–Crippen MR) is 52.4 cm³/mol. The summed E-state index contributed by atoms with van der Waals surface area (Å²) >= 11 is 0. The number of ether oxygens (including phenoxy) is 3. The summed E-state index contributed by atoms with van der Waals surface area (Å²) in [6.45, 7) is 11.8. The fourth-order valence-corrected chi connectivity index (χ4v) is 0.793. The highest BCUT2D eigenvalue weighted by Gasteiger charge is 2.11. The molecule has 0 saturated heterocycles. The fraction of sp³-hybridized carbons (Fsp3) is 0.800. The van der Waals surface area contributed by atoms with Crippen LogP contribution in [-0.4, -0.2) is 25.1 Å². The van der Waals surface area contributed by atoms with Crippen molar-refractivity contribution in [1.82, 2.24) is 0 Å². The summed E-state index contributed by atoms with van der Waals surface area (Å²) in [5.74, 6) is 0. The first kappa shape index (κ1) is 12.5. The molecule has 0 fully saturated rings. The second-order valence-electron chi connectivity index (χ2n) is 3.30. The standard InChI is InChI=1S/C10H20O3/c1-6-11-10(13-9(4)5)7-12-8(2)3/h6,8-10H,1,7H2,2-5H3. The molecule has 1 atom stereocenters. The van der Waals surface area contributed by atoms with Gasteiger partial charge in [-0.05, 0) is 27.7 Å². The van der Waals surface area contributed by atoms with Crippen molar-refractivity contribution in [2.45, 2.75) is 46.2 Å². The van der Waals surface area contributed by atoms with E-state index in [1.165, 1.54) is 6.26 Å². The summed E-state index contributed by atoms with van der Waals surface area (Å²) < 4.78 is 15.9. The Kier molecular flexibility index (Phi) is 6.63. The van der Waals surface area contributed by atoms with E-state index in [9.17, 15) is 0 Å². The monoisotopic (exact) mass is 188 g/mol. The van der Waals surface area contributed by atoms with Crippen LogP contribution in [0.2, 0.25) is 0 Å². The molecule has 0 heterocycles. The van der Waals surface area contributed by atoms with Gasteiger partial charge in [-0.2, -0.15) is 0 Å². The van der Waals surface area contributed by atoms with Crippen LogP contribution in [0.15, 0.2) is 12.8 Å². The van der Waals surface area contributed by atoms with Gasteiger partial charge in [0.15, 0.2) is 0 Å². The van der Waals surface area contributed by atoms with Crippen molar-refractivity contribution in [3.8, 4) is 0 Å². The maximum Gasteiger partial charge on any atom is 0.222 e. The molecular formula is C10H20O3. The van der Waals surface area contributed by atoms with Crippen molar-refractivity contribution in [1.29, 1.82) is 0 Å². The Morgan fingerprint density at radius 2 is 1.77 bits per heavy atom. The fourth-order valence-electron chi connectivity index (χ4n) is 0.793. The van der Waals surface area contributed by atoms with Crippen LogP contribution in [0.3, 0.4) is 0 Å². The van der Waals surface area contributed by atoms with Gasteiger partial charge in [-0.1, -0.05) is 6.58 Å². The van der Waals surface area contributed by atoms with Crippen LogP contribution in [0.5, 0.6) is 0 Å². The Morgan fingerprint density at radius 3 is 2.15 bits per heavy atom. The van der Waals surface area contributed by atoms with E-state index in [2.05, 4.69) is 6.58 Å². The summed E-state index contributed by atoms with van der Waals surface area (Å²) in [6, 6.07) is 0. The number of rotatable bonds is 7. The molecule has 3 heteroatoms. The maximum atomic E-state index is 5.42. The summed E-state index contributed by atoms with van der Waals surface area (Å²) in [4.78, 5) is 0. The molecule has 0 spiro atoms. The lowest BCUT2D eigenvalue weighted by Crippen LogP contribution is -2.26. The second-order valence-corrected chi connectivity index (χ2v) is 3.30. The zero-order valence-corrected chi connectivity index (χ0v) is 8.95. The Labute approximate surface area is 80.7 Å². The minimum absolute atomic E-state index is 0.126. The summed E-state index contributed by atoms with van der Waals surface area (Å²) in [5, 5.41) is 0. The van der Waals surface area contributed by atoms with Gasteiger partial charge in [0.2, 0.25) is 6.29 Å². The van der Waals surface area contributed by atoms with Crippen molar-refractivity contribution in [2.75, 3.05) is 6.61 Å². The van der Waals surface area contributed by atoms with Gasteiger partial charge in [0.05, 0.1) is 18.5 Å². The highest BCUT2D eigenvalue weighted by molar-refractivity contribution is 4.55. The van der Waals surface area contributed by atoms with Gasteiger partial charge in [-0.25, -0.2) is 0 Å². The van der Waals surface area contributed by atoms with E-state index in [0.29, 0.717) is 6.61 Å². The highest BCUT2D eigenvalue weighted by Crippen LogP contribution is 2.02. The molecule has 13 heavy (non-hydrogen) atoms. The van der Waals surface area contributed by atoms with E-state index in [1.807, 2.05) is 27.7 Å². The quantitative estimate of drug-likeness (QED) is 0.453. The first-order valence-electron chi connectivity index (χ1n) is 4.59. The molecule has 0 N–H and O–H groups in total. The zero-order chi connectivity index (χ0) is 10.3. The largest absolute Gasteiger partial charge is 0.471 e. The van der Waals surface area contributed by atoms with Gasteiger partial charge in [0.1, 0.15) is 6.61 Å². The molecule has 0 bridgehead atoms. The molecule has 0 aromatic rings. The highest BCUT2D eigenvalue weighted by atomic mass is 16.7. The van der Waals surface area contributed by atoms with Crippen molar-refractivity contribution >= 4 is 0 Å². The van der Waals surface area contributed by atoms with E-state index >= 15 is 0 Å². The van der Waals surface area contributed by atoms with Crippen molar-refractivity contribution < 1.29 is 14.2 Å². The van der Waals surface area contributed by atoms with Crippen LogP contribution in [-0.2, 0) is 14.2 Å². The molecular weight excluding hydrogens is 168 g/mol. The molecule has 0 aliphatic heterocycles. The first-order valence-corrected chi connectivity index (χ1v) is 4.59. The Hall–Kier alpha value is -0.540. The summed E-state index contributed by atoms with van der Waals surface area (Å²) in [7, 11) is 0. The molecule has 78 valence electrons. The van der Waals surface area contributed by atoms with Crippen LogP contribution in [0.25, 0.3) is 0 Å². The zero-order valence-electron chi connectivity index (χ0n) is 8.95. The maximum absolute atomic E-state index is 5.42. The average molecular weight is 188 g/mol. The SMILES string of the molecule is C=COC(COC(C)C)OC(C)C. The lowest BCUT2D eigenvalue weighted by Gasteiger charge is -2.20. The average Bonchev–Trinajstić information content (AvgIpc) is 1.99. The molecule has 0 aromatic heterocycles. The smallest absolute Gasteiger partial charge is 0.222 e.